The molecular weight excluding hydrogens is 256 g/mol. The topological polar surface area (TPSA) is 79.2 Å². The lowest BCUT2D eigenvalue weighted by molar-refractivity contribution is -0.136. The number of carbonyl (C=O) groups is 2. The fourth-order valence-electron chi connectivity index (χ4n) is 2.36. The van der Waals surface area contributed by atoms with Crippen molar-refractivity contribution in [2.45, 2.75) is 19.3 Å². The van der Waals surface area contributed by atoms with E-state index in [2.05, 4.69) is 5.32 Å². The van der Waals surface area contributed by atoms with Crippen molar-refractivity contribution in [3.63, 3.8) is 0 Å². The average Bonchev–Trinajstić information content (AvgIpc) is 2.46. The number of hydrogen-bond acceptors (Lipinski definition) is 4. The van der Waals surface area contributed by atoms with Crippen LogP contribution in [0.4, 0.5) is 0 Å². The van der Waals surface area contributed by atoms with Crippen LogP contribution in [0.3, 0.4) is 0 Å². The van der Waals surface area contributed by atoms with Crippen molar-refractivity contribution in [3.05, 3.63) is 46.7 Å². The molecule has 1 aromatic rings. The van der Waals surface area contributed by atoms with Crippen LogP contribution < -0.4 is 5.32 Å². The molecule has 1 atom stereocenters. The molecule has 0 aromatic heterocycles. The number of methoxy groups -OCH3 is 1. The third-order valence-corrected chi connectivity index (χ3v) is 3.32. The summed E-state index contributed by atoms with van der Waals surface area (Å²) in [6.45, 7) is 1.68. The normalized spacial score (nSPS) is 18.2. The first-order valence-electron chi connectivity index (χ1n) is 6.15. The zero-order valence-electron chi connectivity index (χ0n) is 11.3. The van der Waals surface area contributed by atoms with E-state index in [0.29, 0.717) is 16.8 Å². The second-order valence-corrected chi connectivity index (χ2v) is 4.57. The van der Waals surface area contributed by atoms with E-state index in [1.807, 2.05) is 6.07 Å². The number of nitrogens with one attached hydrogen (secondary N) is 1. The third kappa shape index (κ3) is 2.54. The van der Waals surface area contributed by atoms with Crippen molar-refractivity contribution in [2.75, 3.05) is 7.11 Å². The summed E-state index contributed by atoms with van der Waals surface area (Å²) >= 11 is 0. The van der Waals surface area contributed by atoms with Gasteiger partial charge in [-0.05, 0) is 24.6 Å². The number of carbonyl (C=O) groups excluding carboxylic acids is 2. The van der Waals surface area contributed by atoms with Gasteiger partial charge >= 0.3 is 5.97 Å². The monoisotopic (exact) mass is 270 g/mol. The van der Waals surface area contributed by atoms with Crippen molar-refractivity contribution in [1.82, 2.24) is 5.32 Å². The Hall–Kier alpha value is -2.61. The summed E-state index contributed by atoms with van der Waals surface area (Å²) in [4.78, 5) is 23.6. The first-order valence-corrected chi connectivity index (χ1v) is 6.15. The Bertz CT molecular complexity index is 624. The Morgan fingerprint density at radius 2 is 2.05 bits per heavy atom. The fourth-order valence-corrected chi connectivity index (χ4v) is 2.36. The summed E-state index contributed by atoms with van der Waals surface area (Å²) < 4.78 is 4.79. The van der Waals surface area contributed by atoms with Crippen LogP contribution in [0.5, 0.6) is 0 Å². The molecule has 5 nitrogen and oxygen atoms in total. The highest BCUT2D eigenvalue weighted by Gasteiger charge is 2.32. The van der Waals surface area contributed by atoms with Crippen molar-refractivity contribution < 1.29 is 14.3 Å². The van der Waals surface area contributed by atoms with Crippen LogP contribution >= 0.6 is 0 Å². The van der Waals surface area contributed by atoms with Crippen LogP contribution in [-0.2, 0) is 14.3 Å². The molecule has 1 aromatic carbocycles. The Balaban J connectivity index is 2.45. The molecule has 0 fully saturated rings. The zero-order valence-corrected chi connectivity index (χ0v) is 11.3. The standard InChI is InChI=1S/C15H14N2O3/c1-9-14(15(19)20-2)12(7-13(18)17-9)11-5-3-10(8-16)4-6-11/h3-6,12H,7H2,1-2H3,(H,17,18). The van der Waals surface area contributed by atoms with Crippen molar-refractivity contribution >= 4 is 11.9 Å². The van der Waals surface area contributed by atoms with Crippen LogP contribution in [0.25, 0.3) is 0 Å². The van der Waals surface area contributed by atoms with Gasteiger partial charge in [0.1, 0.15) is 0 Å². The summed E-state index contributed by atoms with van der Waals surface area (Å²) in [6.07, 6.45) is 0.188. The lowest BCUT2D eigenvalue weighted by Gasteiger charge is -2.26. The lowest BCUT2D eigenvalue weighted by Crippen LogP contribution is -2.34. The smallest absolute Gasteiger partial charge is 0.336 e. The van der Waals surface area contributed by atoms with Gasteiger partial charge in [0, 0.05) is 18.0 Å². The van der Waals surface area contributed by atoms with Gasteiger partial charge in [0.25, 0.3) is 0 Å². The number of rotatable bonds is 2. The Morgan fingerprint density at radius 1 is 1.40 bits per heavy atom. The molecule has 0 aliphatic carbocycles. The first-order chi connectivity index (χ1) is 9.56. The highest BCUT2D eigenvalue weighted by atomic mass is 16.5. The highest BCUT2D eigenvalue weighted by Crippen LogP contribution is 2.33. The van der Waals surface area contributed by atoms with Gasteiger partial charge < -0.3 is 10.1 Å². The maximum atomic E-state index is 11.9. The van der Waals surface area contributed by atoms with Crippen molar-refractivity contribution in [1.29, 1.82) is 5.26 Å². The highest BCUT2D eigenvalue weighted by molar-refractivity contribution is 5.95. The Morgan fingerprint density at radius 3 is 2.60 bits per heavy atom. The molecule has 1 amide bonds. The molecule has 0 bridgehead atoms. The predicted molar refractivity (Wildman–Crippen MR) is 71.4 cm³/mol. The molecule has 1 aliphatic rings. The van der Waals surface area contributed by atoms with E-state index in [4.69, 9.17) is 10.00 Å². The Labute approximate surface area is 116 Å². The minimum atomic E-state index is -0.447. The fraction of sp³-hybridized carbons (Fsp3) is 0.267. The summed E-state index contributed by atoms with van der Waals surface area (Å²) in [5.41, 5.74) is 2.33. The third-order valence-electron chi connectivity index (χ3n) is 3.32. The molecule has 0 radical (unpaired) electrons. The number of amides is 1. The molecule has 1 aliphatic heterocycles. The summed E-state index contributed by atoms with van der Waals surface area (Å²) in [5.74, 6) is -0.926. The number of nitriles is 1. The van der Waals surface area contributed by atoms with Gasteiger partial charge in [-0.1, -0.05) is 12.1 Å². The number of ether oxygens (including phenoxy) is 1. The number of benzene rings is 1. The molecule has 102 valence electrons. The number of nitrogens with zero attached hydrogens (tertiary/aromatic N) is 1. The quantitative estimate of drug-likeness (QED) is 0.828. The van der Waals surface area contributed by atoms with Gasteiger partial charge in [-0.2, -0.15) is 5.26 Å². The first kappa shape index (κ1) is 13.8. The number of allylic oxidation sites excluding steroid dienone is 1. The number of hydrogen-bond donors (Lipinski definition) is 1. The van der Waals surface area contributed by atoms with E-state index < -0.39 is 5.97 Å². The Kier molecular flexibility index (Phi) is 3.85. The molecule has 5 heteroatoms. The second-order valence-electron chi connectivity index (χ2n) is 4.57. The van der Waals surface area contributed by atoms with Gasteiger partial charge in [-0.3, -0.25) is 4.79 Å². The number of esters is 1. The molecule has 0 saturated carbocycles. The van der Waals surface area contributed by atoms with Gasteiger partial charge in [0.2, 0.25) is 5.91 Å². The zero-order chi connectivity index (χ0) is 14.7. The van der Waals surface area contributed by atoms with Crippen molar-refractivity contribution in [2.24, 2.45) is 0 Å². The van der Waals surface area contributed by atoms with E-state index >= 15 is 0 Å². The molecule has 2 rings (SSSR count). The molecule has 1 N–H and O–H groups in total. The van der Waals surface area contributed by atoms with E-state index in [-0.39, 0.29) is 18.2 Å². The minimum Gasteiger partial charge on any atom is -0.466 e. The summed E-state index contributed by atoms with van der Waals surface area (Å²) in [7, 11) is 1.31. The van der Waals surface area contributed by atoms with E-state index in [1.165, 1.54) is 7.11 Å². The molecule has 0 spiro atoms. The summed E-state index contributed by atoms with van der Waals surface area (Å²) in [6, 6.07) is 8.91. The van der Waals surface area contributed by atoms with Gasteiger partial charge in [-0.25, -0.2) is 4.79 Å². The molecule has 20 heavy (non-hydrogen) atoms. The van der Waals surface area contributed by atoms with Crippen LogP contribution in [0, 0.1) is 11.3 Å². The van der Waals surface area contributed by atoms with Gasteiger partial charge in [0.15, 0.2) is 0 Å². The van der Waals surface area contributed by atoms with Crippen LogP contribution in [0.15, 0.2) is 35.5 Å². The van der Waals surface area contributed by atoms with Crippen molar-refractivity contribution in [3.8, 4) is 6.07 Å². The molecule has 0 saturated heterocycles. The summed E-state index contributed by atoms with van der Waals surface area (Å²) in [5, 5.41) is 11.5. The molecule has 1 heterocycles. The van der Waals surface area contributed by atoms with Crippen LogP contribution in [0.1, 0.15) is 30.4 Å². The molecular formula is C15H14N2O3. The predicted octanol–water partition coefficient (Wildman–Crippen LogP) is 1.61. The lowest BCUT2D eigenvalue weighted by atomic mass is 9.84. The maximum Gasteiger partial charge on any atom is 0.336 e. The van der Waals surface area contributed by atoms with E-state index in [1.54, 1.807) is 31.2 Å². The molecule has 1 unspecified atom stereocenters. The van der Waals surface area contributed by atoms with Gasteiger partial charge in [-0.15, -0.1) is 0 Å². The van der Waals surface area contributed by atoms with E-state index in [9.17, 15) is 9.59 Å². The maximum absolute atomic E-state index is 11.9. The van der Waals surface area contributed by atoms with Gasteiger partial charge in [0.05, 0.1) is 24.3 Å². The average molecular weight is 270 g/mol. The van der Waals surface area contributed by atoms with Crippen LogP contribution in [-0.4, -0.2) is 19.0 Å². The SMILES string of the molecule is COC(=O)C1=C(C)NC(=O)CC1c1ccc(C#N)cc1. The minimum absolute atomic E-state index is 0.135. The van der Waals surface area contributed by atoms with E-state index in [0.717, 1.165) is 5.56 Å². The largest absolute Gasteiger partial charge is 0.466 e. The van der Waals surface area contributed by atoms with Crippen LogP contribution in [0.2, 0.25) is 0 Å². The second kappa shape index (κ2) is 5.57.